The highest BCUT2D eigenvalue weighted by atomic mass is 16.6. The molecule has 0 unspecified atom stereocenters. The minimum Gasteiger partial charge on any atom is -0.443 e. The van der Waals surface area contributed by atoms with E-state index in [2.05, 4.69) is 20.8 Å². The number of ether oxygens (including phenoxy) is 1. The third kappa shape index (κ3) is 2.86. The van der Waals surface area contributed by atoms with Gasteiger partial charge in [-0.15, -0.1) is 0 Å². The van der Waals surface area contributed by atoms with E-state index < -0.39 is 0 Å². The molecule has 1 saturated heterocycles. The zero-order valence-electron chi connectivity index (χ0n) is 10.2. The molecule has 0 atom stereocenters. The van der Waals surface area contributed by atoms with Gasteiger partial charge < -0.3 is 9.64 Å². The predicted molar refractivity (Wildman–Crippen MR) is 60.9 cm³/mol. The van der Waals surface area contributed by atoms with E-state index in [9.17, 15) is 4.79 Å². The van der Waals surface area contributed by atoms with Gasteiger partial charge in [0, 0.05) is 13.1 Å². The van der Waals surface area contributed by atoms with Crippen molar-refractivity contribution >= 4 is 6.09 Å². The van der Waals surface area contributed by atoms with Crippen molar-refractivity contribution in [3.8, 4) is 0 Å². The molecular formula is C12H23NO2. The monoisotopic (exact) mass is 213 g/mol. The quantitative estimate of drug-likeness (QED) is 0.717. The summed E-state index contributed by atoms with van der Waals surface area (Å²) in [5.74, 6) is 0. The Hall–Kier alpha value is -0.730. The number of hydrogen-bond donors (Lipinski definition) is 0. The number of amides is 1. The second-order valence-electron chi connectivity index (χ2n) is 4.31. The van der Waals surface area contributed by atoms with E-state index in [1.807, 2.05) is 4.90 Å². The standard InChI is InChI=1S/C12H23NO2/c1-4-12(5-2,6-3)15-11(14)13-9-7-8-10-13/h4-10H2,1-3H3. The number of nitrogens with zero attached hydrogens (tertiary/aromatic N) is 1. The Morgan fingerprint density at radius 2 is 1.60 bits per heavy atom. The van der Waals surface area contributed by atoms with Crippen LogP contribution in [0.1, 0.15) is 52.9 Å². The molecular weight excluding hydrogens is 190 g/mol. The maximum Gasteiger partial charge on any atom is 0.410 e. The molecule has 0 aromatic carbocycles. The third-order valence-corrected chi connectivity index (χ3v) is 3.60. The molecule has 1 aliphatic heterocycles. The third-order valence-electron chi connectivity index (χ3n) is 3.60. The molecule has 0 radical (unpaired) electrons. The Morgan fingerprint density at radius 3 is 2.00 bits per heavy atom. The highest BCUT2D eigenvalue weighted by Crippen LogP contribution is 2.26. The van der Waals surface area contributed by atoms with Crippen molar-refractivity contribution in [2.75, 3.05) is 13.1 Å². The SMILES string of the molecule is CCC(CC)(CC)OC(=O)N1CCCC1. The van der Waals surface area contributed by atoms with Crippen molar-refractivity contribution in [3.63, 3.8) is 0 Å². The Bertz CT molecular complexity index is 197. The van der Waals surface area contributed by atoms with Crippen LogP contribution in [-0.2, 0) is 4.74 Å². The molecule has 0 N–H and O–H groups in total. The van der Waals surface area contributed by atoms with Crippen molar-refractivity contribution in [2.45, 2.75) is 58.5 Å². The van der Waals surface area contributed by atoms with Crippen LogP contribution in [-0.4, -0.2) is 29.7 Å². The molecule has 3 nitrogen and oxygen atoms in total. The van der Waals surface area contributed by atoms with Gasteiger partial charge >= 0.3 is 6.09 Å². The lowest BCUT2D eigenvalue weighted by Gasteiger charge is -2.32. The first kappa shape index (κ1) is 12.3. The van der Waals surface area contributed by atoms with Crippen molar-refractivity contribution in [1.29, 1.82) is 0 Å². The molecule has 1 heterocycles. The summed E-state index contributed by atoms with van der Waals surface area (Å²) in [6.07, 6.45) is 4.83. The van der Waals surface area contributed by atoms with Crippen LogP contribution in [0.15, 0.2) is 0 Å². The van der Waals surface area contributed by atoms with Crippen LogP contribution in [0, 0.1) is 0 Å². The summed E-state index contributed by atoms with van der Waals surface area (Å²) in [7, 11) is 0. The number of rotatable bonds is 4. The lowest BCUT2D eigenvalue weighted by Crippen LogP contribution is -2.39. The minimum absolute atomic E-state index is 0.113. The van der Waals surface area contributed by atoms with Crippen LogP contribution in [0.4, 0.5) is 4.79 Å². The molecule has 88 valence electrons. The summed E-state index contributed by atoms with van der Waals surface area (Å²) >= 11 is 0. The molecule has 1 rings (SSSR count). The molecule has 15 heavy (non-hydrogen) atoms. The van der Waals surface area contributed by atoms with Gasteiger partial charge in [0.05, 0.1) is 0 Å². The van der Waals surface area contributed by atoms with Crippen molar-refractivity contribution in [3.05, 3.63) is 0 Å². The van der Waals surface area contributed by atoms with Crippen molar-refractivity contribution in [2.24, 2.45) is 0 Å². The van der Waals surface area contributed by atoms with Gasteiger partial charge in [0.25, 0.3) is 0 Å². The average molecular weight is 213 g/mol. The highest BCUT2D eigenvalue weighted by molar-refractivity contribution is 5.68. The lowest BCUT2D eigenvalue weighted by atomic mass is 9.94. The molecule has 0 aliphatic carbocycles. The first-order valence-electron chi connectivity index (χ1n) is 6.15. The fourth-order valence-corrected chi connectivity index (χ4v) is 2.12. The van der Waals surface area contributed by atoms with E-state index in [-0.39, 0.29) is 11.7 Å². The van der Waals surface area contributed by atoms with Gasteiger partial charge in [-0.2, -0.15) is 0 Å². The maximum atomic E-state index is 11.8. The zero-order chi connectivity index (χ0) is 11.3. The number of carbonyl (C=O) groups is 1. The Morgan fingerprint density at radius 1 is 1.13 bits per heavy atom. The van der Waals surface area contributed by atoms with E-state index in [0.29, 0.717) is 0 Å². The molecule has 0 aromatic heterocycles. The summed E-state index contributed by atoms with van der Waals surface area (Å²) in [4.78, 5) is 13.7. The van der Waals surface area contributed by atoms with E-state index in [1.165, 1.54) is 0 Å². The second kappa shape index (κ2) is 5.38. The van der Waals surface area contributed by atoms with Crippen molar-refractivity contribution in [1.82, 2.24) is 4.90 Å². The van der Waals surface area contributed by atoms with Crippen LogP contribution >= 0.6 is 0 Å². The van der Waals surface area contributed by atoms with E-state index in [4.69, 9.17) is 4.74 Å². The van der Waals surface area contributed by atoms with Crippen LogP contribution in [0.3, 0.4) is 0 Å². The van der Waals surface area contributed by atoms with Crippen LogP contribution in [0.5, 0.6) is 0 Å². The van der Waals surface area contributed by atoms with Crippen LogP contribution < -0.4 is 0 Å². The molecule has 0 spiro atoms. The smallest absolute Gasteiger partial charge is 0.410 e. The zero-order valence-corrected chi connectivity index (χ0v) is 10.2. The second-order valence-corrected chi connectivity index (χ2v) is 4.31. The topological polar surface area (TPSA) is 29.5 Å². The van der Waals surface area contributed by atoms with Gasteiger partial charge in [0.15, 0.2) is 0 Å². The van der Waals surface area contributed by atoms with E-state index in [0.717, 1.165) is 45.2 Å². The molecule has 1 aliphatic rings. The van der Waals surface area contributed by atoms with Gasteiger partial charge in [0.1, 0.15) is 5.60 Å². The maximum absolute atomic E-state index is 11.8. The lowest BCUT2D eigenvalue weighted by molar-refractivity contribution is -0.0151. The Labute approximate surface area is 92.8 Å². The molecule has 0 bridgehead atoms. The van der Waals surface area contributed by atoms with E-state index in [1.54, 1.807) is 0 Å². The largest absolute Gasteiger partial charge is 0.443 e. The van der Waals surface area contributed by atoms with Gasteiger partial charge in [-0.05, 0) is 32.1 Å². The van der Waals surface area contributed by atoms with Crippen LogP contribution in [0.25, 0.3) is 0 Å². The molecule has 0 saturated carbocycles. The number of likely N-dealkylation sites (tertiary alicyclic amines) is 1. The fraction of sp³-hybridized carbons (Fsp3) is 0.917. The number of hydrogen-bond acceptors (Lipinski definition) is 2. The summed E-state index contributed by atoms with van der Waals surface area (Å²) < 4.78 is 5.66. The van der Waals surface area contributed by atoms with Crippen molar-refractivity contribution < 1.29 is 9.53 Å². The molecule has 0 aromatic rings. The highest BCUT2D eigenvalue weighted by Gasteiger charge is 2.31. The minimum atomic E-state index is -0.236. The molecule has 1 fully saturated rings. The van der Waals surface area contributed by atoms with Gasteiger partial charge in [-0.3, -0.25) is 0 Å². The molecule has 1 amide bonds. The van der Waals surface area contributed by atoms with E-state index >= 15 is 0 Å². The summed E-state index contributed by atoms with van der Waals surface area (Å²) in [6.45, 7) is 8.00. The van der Waals surface area contributed by atoms with Gasteiger partial charge in [0.2, 0.25) is 0 Å². The Balaban J connectivity index is 2.53. The predicted octanol–water partition coefficient (Wildman–Crippen LogP) is 3.19. The molecule has 3 heteroatoms. The summed E-state index contributed by atoms with van der Waals surface area (Å²) in [5.41, 5.74) is -0.236. The average Bonchev–Trinajstić information content (AvgIpc) is 2.79. The first-order chi connectivity index (χ1) is 7.17. The summed E-state index contributed by atoms with van der Waals surface area (Å²) in [5, 5.41) is 0. The summed E-state index contributed by atoms with van der Waals surface area (Å²) in [6, 6.07) is 0. The number of carbonyl (C=O) groups excluding carboxylic acids is 1. The fourth-order valence-electron chi connectivity index (χ4n) is 2.12. The Kier molecular flexibility index (Phi) is 4.43. The van der Waals surface area contributed by atoms with Crippen LogP contribution in [0.2, 0.25) is 0 Å². The van der Waals surface area contributed by atoms with Gasteiger partial charge in [-0.25, -0.2) is 4.79 Å². The first-order valence-corrected chi connectivity index (χ1v) is 6.15. The van der Waals surface area contributed by atoms with Gasteiger partial charge in [-0.1, -0.05) is 20.8 Å². The normalized spacial score (nSPS) is 16.9.